The first kappa shape index (κ1) is 20.8. The Balaban J connectivity index is 1.32. The lowest BCUT2D eigenvalue weighted by Crippen LogP contribution is -2.55. The average Bonchev–Trinajstić information content (AvgIpc) is 3.55. The number of anilines is 1. The van der Waals surface area contributed by atoms with E-state index in [1.807, 2.05) is 17.7 Å². The average molecular weight is 456 g/mol. The van der Waals surface area contributed by atoms with Crippen LogP contribution in [-0.4, -0.2) is 66.7 Å². The summed E-state index contributed by atoms with van der Waals surface area (Å²) in [6.45, 7) is 2.60. The second kappa shape index (κ2) is 8.46. The molecule has 0 bridgehead atoms. The topological polar surface area (TPSA) is 80.0 Å². The predicted molar refractivity (Wildman–Crippen MR) is 118 cm³/mol. The van der Waals surface area contributed by atoms with Crippen LogP contribution in [0.5, 0.6) is 0 Å². The fraction of sp³-hybridized carbons (Fsp3) is 0.409. The number of halogens is 2. The van der Waals surface area contributed by atoms with Crippen LogP contribution in [0.4, 0.5) is 10.3 Å². The number of aryl methyl sites for hydroxylation is 1. The summed E-state index contributed by atoms with van der Waals surface area (Å²) < 4.78 is 17.2. The van der Waals surface area contributed by atoms with Crippen molar-refractivity contribution in [1.82, 2.24) is 29.4 Å². The number of amides is 1. The van der Waals surface area contributed by atoms with Gasteiger partial charge >= 0.3 is 0 Å². The number of piperidine rings is 1. The molecule has 1 saturated carbocycles. The highest BCUT2D eigenvalue weighted by Crippen LogP contribution is 2.34. The van der Waals surface area contributed by atoms with Gasteiger partial charge < -0.3 is 9.80 Å². The van der Waals surface area contributed by atoms with Gasteiger partial charge in [-0.1, -0.05) is 11.6 Å². The monoisotopic (exact) mass is 455 g/mol. The van der Waals surface area contributed by atoms with E-state index in [0.717, 1.165) is 18.7 Å². The number of nitrogens with zero attached hydrogens (tertiary/aromatic N) is 7. The first-order chi connectivity index (χ1) is 15.5. The molecule has 5 rings (SSSR count). The highest BCUT2D eigenvalue weighted by molar-refractivity contribution is 6.30. The van der Waals surface area contributed by atoms with Gasteiger partial charge in [0.25, 0.3) is 5.91 Å². The van der Waals surface area contributed by atoms with Crippen molar-refractivity contribution < 1.29 is 9.18 Å². The van der Waals surface area contributed by atoms with Crippen LogP contribution >= 0.6 is 11.6 Å². The zero-order valence-electron chi connectivity index (χ0n) is 17.6. The van der Waals surface area contributed by atoms with Crippen molar-refractivity contribution in [1.29, 1.82) is 0 Å². The molecule has 0 N–H and O–H groups in total. The molecule has 2 atom stereocenters. The van der Waals surface area contributed by atoms with Gasteiger partial charge in [0.05, 0.1) is 35.6 Å². The van der Waals surface area contributed by atoms with Crippen molar-refractivity contribution in [3.63, 3.8) is 0 Å². The standard InChI is InChI=1S/C22H23ClFN7O/c1-14-25-7-9-30(14)20-5-2-15(10-26-20)21(32)31(17-3-4-17)19-6-8-29(13-18(19)24)22-27-11-16(23)12-28-22/h2,5,7,9-12,17-19H,3-4,6,8,13H2,1H3. The van der Waals surface area contributed by atoms with E-state index in [0.29, 0.717) is 35.3 Å². The zero-order valence-corrected chi connectivity index (χ0v) is 18.4. The van der Waals surface area contributed by atoms with Crippen LogP contribution in [0.2, 0.25) is 5.02 Å². The van der Waals surface area contributed by atoms with Crippen LogP contribution in [-0.2, 0) is 0 Å². The molecule has 3 aromatic rings. The molecular formula is C22H23ClFN7O. The predicted octanol–water partition coefficient (Wildman–Crippen LogP) is 3.24. The molecule has 2 fully saturated rings. The molecule has 0 radical (unpaired) electrons. The lowest BCUT2D eigenvalue weighted by Gasteiger charge is -2.41. The second-order valence-electron chi connectivity index (χ2n) is 8.21. The SMILES string of the molecule is Cc1nccn1-c1ccc(C(=O)N(C2CC2)C2CCN(c3ncc(Cl)cn3)CC2F)cn1. The fourth-order valence-corrected chi connectivity index (χ4v) is 4.32. The minimum atomic E-state index is -1.20. The third kappa shape index (κ3) is 4.04. The van der Waals surface area contributed by atoms with Crippen LogP contribution in [0.3, 0.4) is 0 Å². The van der Waals surface area contributed by atoms with Crippen LogP contribution in [0.1, 0.15) is 35.4 Å². The Morgan fingerprint density at radius 2 is 1.91 bits per heavy atom. The number of alkyl halides is 1. The number of hydrogen-bond donors (Lipinski definition) is 0. The Hall–Kier alpha value is -3.07. The van der Waals surface area contributed by atoms with E-state index in [9.17, 15) is 4.79 Å². The van der Waals surface area contributed by atoms with Gasteiger partial charge in [-0.15, -0.1) is 0 Å². The minimum Gasteiger partial charge on any atom is -0.338 e. The minimum absolute atomic E-state index is 0.0830. The summed E-state index contributed by atoms with van der Waals surface area (Å²) in [5, 5.41) is 0.439. The van der Waals surface area contributed by atoms with E-state index in [-0.39, 0.29) is 18.5 Å². The van der Waals surface area contributed by atoms with E-state index >= 15 is 4.39 Å². The number of imidazole rings is 1. The Morgan fingerprint density at radius 3 is 2.50 bits per heavy atom. The lowest BCUT2D eigenvalue weighted by atomic mass is 10.00. The summed E-state index contributed by atoms with van der Waals surface area (Å²) in [6, 6.07) is 3.15. The highest BCUT2D eigenvalue weighted by Gasteiger charge is 2.43. The lowest BCUT2D eigenvalue weighted by molar-refractivity contribution is 0.0486. The molecule has 166 valence electrons. The van der Waals surface area contributed by atoms with Crippen molar-refractivity contribution in [2.45, 2.75) is 44.4 Å². The van der Waals surface area contributed by atoms with E-state index < -0.39 is 12.2 Å². The Morgan fingerprint density at radius 1 is 1.12 bits per heavy atom. The van der Waals surface area contributed by atoms with Crippen molar-refractivity contribution in [2.75, 3.05) is 18.0 Å². The molecule has 8 nitrogen and oxygen atoms in total. The first-order valence-electron chi connectivity index (χ1n) is 10.7. The first-order valence-corrected chi connectivity index (χ1v) is 11.0. The normalized spacial score (nSPS) is 20.9. The number of carbonyl (C=O) groups excluding carboxylic acids is 1. The number of carbonyl (C=O) groups is 1. The Labute approximate surface area is 190 Å². The maximum absolute atomic E-state index is 15.3. The molecule has 1 saturated heterocycles. The molecule has 2 aliphatic rings. The number of hydrogen-bond acceptors (Lipinski definition) is 6. The number of pyridine rings is 1. The van der Waals surface area contributed by atoms with Gasteiger partial charge in [0, 0.05) is 31.2 Å². The van der Waals surface area contributed by atoms with Crippen LogP contribution in [0, 0.1) is 6.92 Å². The molecule has 1 aliphatic heterocycles. The fourth-order valence-electron chi connectivity index (χ4n) is 4.22. The van der Waals surface area contributed by atoms with Gasteiger partial charge in [0.1, 0.15) is 17.8 Å². The third-order valence-electron chi connectivity index (χ3n) is 6.00. The largest absolute Gasteiger partial charge is 0.338 e. The van der Waals surface area contributed by atoms with Crippen molar-refractivity contribution >= 4 is 23.5 Å². The maximum atomic E-state index is 15.3. The molecule has 10 heteroatoms. The van der Waals surface area contributed by atoms with E-state index in [4.69, 9.17) is 11.6 Å². The van der Waals surface area contributed by atoms with Crippen LogP contribution < -0.4 is 4.90 Å². The summed E-state index contributed by atoms with van der Waals surface area (Å²) in [5.41, 5.74) is 0.467. The molecule has 4 heterocycles. The number of rotatable bonds is 5. The molecule has 0 spiro atoms. The number of aromatic nitrogens is 5. The maximum Gasteiger partial charge on any atom is 0.256 e. The van der Waals surface area contributed by atoms with Crippen LogP contribution in [0.15, 0.2) is 43.1 Å². The van der Waals surface area contributed by atoms with Gasteiger partial charge in [0.2, 0.25) is 5.95 Å². The van der Waals surface area contributed by atoms with Gasteiger partial charge in [-0.25, -0.2) is 24.3 Å². The van der Waals surface area contributed by atoms with E-state index in [1.54, 1.807) is 34.3 Å². The summed E-state index contributed by atoms with van der Waals surface area (Å²) in [5.74, 6) is 1.79. The molecule has 0 aromatic carbocycles. The summed E-state index contributed by atoms with van der Waals surface area (Å²) >= 11 is 5.85. The van der Waals surface area contributed by atoms with Crippen molar-refractivity contribution in [2.24, 2.45) is 0 Å². The molecule has 3 aromatic heterocycles. The smallest absolute Gasteiger partial charge is 0.256 e. The zero-order chi connectivity index (χ0) is 22.2. The molecule has 1 amide bonds. The second-order valence-corrected chi connectivity index (χ2v) is 8.65. The highest BCUT2D eigenvalue weighted by atomic mass is 35.5. The van der Waals surface area contributed by atoms with Gasteiger partial charge in [-0.2, -0.15) is 0 Å². The quantitative estimate of drug-likeness (QED) is 0.587. The molecule has 1 aliphatic carbocycles. The summed E-state index contributed by atoms with van der Waals surface area (Å²) in [4.78, 5) is 33.9. The summed E-state index contributed by atoms with van der Waals surface area (Å²) in [6.07, 6.45) is 9.21. The summed E-state index contributed by atoms with van der Waals surface area (Å²) in [7, 11) is 0. The Kier molecular flexibility index (Phi) is 5.50. The molecular weight excluding hydrogens is 433 g/mol. The molecule has 32 heavy (non-hydrogen) atoms. The third-order valence-corrected chi connectivity index (χ3v) is 6.19. The van der Waals surface area contributed by atoms with Crippen molar-refractivity contribution in [3.05, 3.63) is 59.5 Å². The van der Waals surface area contributed by atoms with Crippen LogP contribution in [0.25, 0.3) is 5.82 Å². The van der Waals surface area contributed by atoms with Gasteiger partial charge in [-0.05, 0) is 38.3 Å². The van der Waals surface area contributed by atoms with E-state index in [1.165, 1.54) is 12.4 Å². The van der Waals surface area contributed by atoms with Crippen molar-refractivity contribution in [3.8, 4) is 5.82 Å². The molecule has 2 unspecified atom stereocenters. The Bertz CT molecular complexity index is 1100. The van der Waals surface area contributed by atoms with Gasteiger partial charge in [-0.3, -0.25) is 9.36 Å². The van der Waals surface area contributed by atoms with Gasteiger partial charge in [0.15, 0.2) is 0 Å². The van der Waals surface area contributed by atoms with E-state index in [2.05, 4.69) is 19.9 Å².